The number of nitrogens with one attached hydrogen (secondary N) is 1. The Bertz CT molecular complexity index is 695. The maximum Gasteiger partial charge on any atom is 0.280 e. The largest absolute Gasteiger partial charge is 0.336 e. The molecule has 0 radical (unpaired) electrons. The number of aryl methyl sites for hydroxylation is 2. The molecule has 2 aromatic rings. The van der Waals surface area contributed by atoms with Crippen molar-refractivity contribution in [1.29, 1.82) is 0 Å². The Morgan fingerprint density at radius 2 is 2.16 bits per heavy atom. The first-order chi connectivity index (χ1) is 8.92. The molecule has 0 aliphatic carbocycles. The van der Waals surface area contributed by atoms with Crippen LogP contribution in [-0.2, 0) is 16.6 Å². The fourth-order valence-corrected chi connectivity index (χ4v) is 3.31. The zero-order chi connectivity index (χ0) is 14.0. The molecule has 7 heteroatoms. The van der Waals surface area contributed by atoms with Crippen LogP contribution in [0.1, 0.15) is 12.5 Å². The van der Waals surface area contributed by atoms with Crippen LogP contribution in [0.15, 0.2) is 40.2 Å². The predicted octanol–water partition coefficient (Wildman–Crippen LogP) is 2.77. The zero-order valence-electron chi connectivity index (χ0n) is 10.6. The minimum atomic E-state index is -3.65. The van der Waals surface area contributed by atoms with Gasteiger partial charge >= 0.3 is 0 Å². The van der Waals surface area contributed by atoms with E-state index in [9.17, 15) is 8.42 Å². The van der Waals surface area contributed by atoms with Crippen LogP contribution in [0.3, 0.4) is 0 Å². The van der Waals surface area contributed by atoms with Crippen molar-refractivity contribution < 1.29 is 8.42 Å². The highest BCUT2D eigenvalue weighted by molar-refractivity contribution is 9.10. The first-order valence-electron chi connectivity index (χ1n) is 5.73. The van der Waals surface area contributed by atoms with Crippen LogP contribution in [0.4, 0.5) is 5.69 Å². The number of hydrogen-bond donors (Lipinski definition) is 1. The molecular formula is C12H14BrN3O2S. The van der Waals surface area contributed by atoms with Crippen molar-refractivity contribution in [2.45, 2.75) is 25.4 Å². The van der Waals surface area contributed by atoms with Gasteiger partial charge in [0.2, 0.25) is 0 Å². The number of benzene rings is 1. The number of nitrogens with zero attached hydrogens (tertiary/aromatic N) is 2. The highest BCUT2D eigenvalue weighted by Gasteiger charge is 2.18. The van der Waals surface area contributed by atoms with Gasteiger partial charge in [0.05, 0.1) is 12.0 Å². The quantitative estimate of drug-likeness (QED) is 0.928. The summed E-state index contributed by atoms with van der Waals surface area (Å²) in [5.74, 6) is 0. The number of rotatable bonds is 4. The Kier molecular flexibility index (Phi) is 3.96. The minimum absolute atomic E-state index is 0.0156. The van der Waals surface area contributed by atoms with Crippen molar-refractivity contribution in [3.05, 3.63) is 40.8 Å². The van der Waals surface area contributed by atoms with Crippen LogP contribution in [-0.4, -0.2) is 18.0 Å². The second-order valence-corrected chi connectivity index (χ2v) is 6.61. The third-order valence-corrected chi connectivity index (χ3v) is 4.53. The van der Waals surface area contributed by atoms with Gasteiger partial charge in [-0.3, -0.25) is 4.72 Å². The minimum Gasteiger partial charge on any atom is -0.336 e. The zero-order valence-corrected chi connectivity index (χ0v) is 13.0. The summed E-state index contributed by atoms with van der Waals surface area (Å²) in [5.41, 5.74) is 1.54. The average Bonchev–Trinajstić information content (AvgIpc) is 2.82. The highest BCUT2D eigenvalue weighted by atomic mass is 79.9. The highest BCUT2D eigenvalue weighted by Crippen LogP contribution is 2.25. The van der Waals surface area contributed by atoms with Gasteiger partial charge in [0.25, 0.3) is 10.0 Å². The summed E-state index contributed by atoms with van der Waals surface area (Å²) < 4.78 is 29.2. The molecule has 0 fully saturated rings. The average molecular weight is 344 g/mol. The van der Waals surface area contributed by atoms with Gasteiger partial charge < -0.3 is 4.57 Å². The van der Waals surface area contributed by atoms with E-state index in [2.05, 4.69) is 25.6 Å². The monoisotopic (exact) mass is 343 g/mol. The third kappa shape index (κ3) is 3.16. The normalized spacial score (nSPS) is 11.5. The molecule has 2 rings (SSSR count). The molecule has 102 valence electrons. The van der Waals surface area contributed by atoms with E-state index >= 15 is 0 Å². The molecule has 19 heavy (non-hydrogen) atoms. The Morgan fingerprint density at radius 1 is 1.42 bits per heavy atom. The van der Waals surface area contributed by atoms with Crippen LogP contribution in [0.5, 0.6) is 0 Å². The summed E-state index contributed by atoms with van der Waals surface area (Å²) in [7, 11) is -3.65. The van der Waals surface area contributed by atoms with Gasteiger partial charge in [-0.05, 0) is 47.5 Å². The van der Waals surface area contributed by atoms with E-state index in [0.717, 1.165) is 5.56 Å². The van der Waals surface area contributed by atoms with Crippen molar-refractivity contribution in [3.63, 3.8) is 0 Å². The van der Waals surface area contributed by atoms with Gasteiger partial charge in [0.1, 0.15) is 0 Å². The van der Waals surface area contributed by atoms with Crippen LogP contribution < -0.4 is 4.72 Å². The Hall–Kier alpha value is -1.34. The lowest BCUT2D eigenvalue weighted by Crippen LogP contribution is -2.13. The molecule has 5 nitrogen and oxygen atoms in total. The summed E-state index contributed by atoms with van der Waals surface area (Å²) in [6, 6.07) is 5.41. The Balaban J connectivity index is 2.30. The topological polar surface area (TPSA) is 64.0 Å². The summed E-state index contributed by atoms with van der Waals surface area (Å²) in [4.78, 5) is 3.90. The summed E-state index contributed by atoms with van der Waals surface area (Å²) in [6.45, 7) is 4.53. The molecule has 1 heterocycles. The predicted molar refractivity (Wildman–Crippen MR) is 77.6 cm³/mol. The number of imidazole rings is 1. The van der Waals surface area contributed by atoms with Crippen molar-refractivity contribution in [2.24, 2.45) is 0 Å². The number of sulfonamides is 1. The van der Waals surface area contributed by atoms with Gasteiger partial charge in [-0.25, -0.2) is 4.98 Å². The molecule has 0 aliphatic heterocycles. The lowest BCUT2D eigenvalue weighted by atomic mass is 10.2. The molecule has 0 saturated carbocycles. The van der Waals surface area contributed by atoms with Crippen LogP contribution in [0.2, 0.25) is 0 Å². The van der Waals surface area contributed by atoms with Crippen molar-refractivity contribution >= 4 is 31.6 Å². The van der Waals surface area contributed by atoms with E-state index < -0.39 is 10.0 Å². The lowest BCUT2D eigenvalue weighted by molar-refractivity contribution is 0.598. The fourth-order valence-electron chi connectivity index (χ4n) is 1.55. The van der Waals surface area contributed by atoms with Gasteiger partial charge in [-0.1, -0.05) is 6.07 Å². The van der Waals surface area contributed by atoms with E-state index in [1.165, 1.54) is 12.5 Å². The maximum absolute atomic E-state index is 12.2. The van der Waals surface area contributed by atoms with E-state index in [0.29, 0.717) is 16.7 Å². The molecule has 1 aromatic carbocycles. The fraction of sp³-hybridized carbons (Fsp3) is 0.250. The molecule has 0 spiro atoms. The van der Waals surface area contributed by atoms with E-state index in [-0.39, 0.29) is 5.03 Å². The third-order valence-electron chi connectivity index (χ3n) is 2.62. The smallest absolute Gasteiger partial charge is 0.280 e. The number of anilines is 1. The standard InChI is InChI=1S/C12H14BrN3O2S/c1-3-16-7-12(14-8-16)19(17,18)15-11-5-4-9(2)6-10(11)13/h4-8,15H,3H2,1-2H3. The van der Waals surface area contributed by atoms with Crippen LogP contribution in [0, 0.1) is 6.92 Å². The van der Waals surface area contributed by atoms with Gasteiger partial charge in [0.15, 0.2) is 5.03 Å². The molecule has 0 atom stereocenters. The van der Waals surface area contributed by atoms with Gasteiger partial charge in [-0.2, -0.15) is 8.42 Å². The van der Waals surface area contributed by atoms with E-state index in [4.69, 9.17) is 0 Å². The first kappa shape index (κ1) is 14.1. The van der Waals surface area contributed by atoms with Crippen molar-refractivity contribution in [1.82, 2.24) is 9.55 Å². The Labute approximate surface area is 120 Å². The van der Waals surface area contributed by atoms with Crippen molar-refractivity contribution in [2.75, 3.05) is 4.72 Å². The molecule has 0 bridgehead atoms. The first-order valence-corrected chi connectivity index (χ1v) is 8.00. The molecule has 1 aromatic heterocycles. The summed E-state index contributed by atoms with van der Waals surface area (Å²) in [5, 5.41) is 0.0156. The number of hydrogen-bond acceptors (Lipinski definition) is 3. The number of halogens is 1. The second kappa shape index (κ2) is 5.34. The maximum atomic E-state index is 12.2. The molecular weight excluding hydrogens is 330 g/mol. The van der Waals surface area contributed by atoms with Crippen LogP contribution >= 0.6 is 15.9 Å². The second-order valence-electron chi connectivity index (χ2n) is 4.13. The molecule has 0 saturated heterocycles. The lowest BCUT2D eigenvalue weighted by Gasteiger charge is -2.08. The molecule has 0 unspecified atom stereocenters. The SMILES string of the molecule is CCn1cnc(S(=O)(=O)Nc2ccc(C)cc2Br)c1. The Morgan fingerprint density at radius 3 is 2.74 bits per heavy atom. The molecule has 1 N–H and O–H groups in total. The summed E-state index contributed by atoms with van der Waals surface area (Å²) >= 11 is 3.34. The van der Waals surface area contributed by atoms with Gasteiger partial charge in [0, 0.05) is 17.2 Å². The van der Waals surface area contributed by atoms with Crippen LogP contribution in [0.25, 0.3) is 0 Å². The molecule has 0 amide bonds. The number of aromatic nitrogens is 2. The van der Waals surface area contributed by atoms with Gasteiger partial charge in [-0.15, -0.1) is 0 Å². The molecule has 0 aliphatic rings. The van der Waals surface area contributed by atoms with Crippen molar-refractivity contribution in [3.8, 4) is 0 Å². The van der Waals surface area contributed by atoms with E-state index in [1.807, 2.05) is 26.0 Å². The summed E-state index contributed by atoms with van der Waals surface area (Å²) in [6.07, 6.45) is 3.00. The van der Waals surface area contributed by atoms with E-state index in [1.54, 1.807) is 10.6 Å².